The Bertz CT molecular complexity index is 866. The SMILES string of the molecule is CCSC1=C(C(=O)c2ccccc2)S(=O)(=O)c2ccccc21. The molecule has 0 saturated carbocycles. The van der Waals surface area contributed by atoms with E-state index in [2.05, 4.69) is 0 Å². The van der Waals surface area contributed by atoms with Gasteiger partial charge in [-0.2, -0.15) is 0 Å². The van der Waals surface area contributed by atoms with Gasteiger partial charge in [-0.15, -0.1) is 11.8 Å². The number of carbonyl (C=O) groups is 1. The zero-order valence-corrected chi connectivity index (χ0v) is 13.6. The van der Waals surface area contributed by atoms with Crippen molar-refractivity contribution >= 4 is 32.3 Å². The predicted octanol–water partition coefficient (Wildman–Crippen LogP) is 3.78. The highest BCUT2D eigenvalue weighted by atomic mass is 32.2. The Morgan fingerprint density at radius 3 is 2.32 bits per heavy atom. The molecule has 2 aromatic rings. The van der Waals surface area contributed by atoms with Crippen LogP contribution in [-0.2, 0) is 9.84 Å². The highest BCUT2D eigenvalue weighted by molar-refractivity contribution is 8.10. The number of hydrogen-bond acceptors (Lipinski definition) is 4. The highest BCUT2D eigenvalue weighted by Gasteiger charge is 2.39. The van der Waals surface area contributed by atoms with Gasteiger partial charge < -0.3 is 0 Å². The van der Waals surface area contributed by atoms with Crippen LogP contribution in [0.25, 0.3) is 4.91 Å². The normalized spacial score (nSPS) is 15.7. The van der Waals surface area contributed by atoms with Crippen molar-refractivity contribution in [3.63, 3.8) is 0 Å². The van der Waals surface area contributed by atoms with Gasteiger partial charge in [-0.05, 0) is 11.8 Å². The van der Waals surface area contributed by atoms with Crippen LogP contribution in [0.5, 0.6) is 0 Å². The Kier molecular flexibility index (Phi) is 3.93. The fourth-order valence-electron chi connectivity index (χ4n) is 2.48. The van der Waals surface area contributed by atoms with Gasteiger partial charge in [0.1, 0.15) is 4.91 Å². The summed E-state index contributed by atoms with van der Waals surface area (Å²) in [6, 6.07) is 15.3. The lowest BCUT2D eigenvalue weighted by Crippen LogP contribution is -2.11. The van der Waals surface area contributed by atoms with Gasteiger partial charge in [0.15, 0.2) is 0 Å². The first-order valence-corrected chi connectivity index (χ1v) is 9.35. The molecule has 112 valence electrons. The summed E-state index contributed by atoms with van der Waals surface area (Å²) in [5.41, 5.74) is 1.02. The first-order chi connectivity index (χ1) is 10.6. The van der Waals surface area contributed by atoms with E-state index in [4.69, 9.17) is 0 Å². The van der Waals surface area contributed by atoms with Crippen LogP contribution in [0.15, 0.2) is 64.4 Å². The molecule has 0 atom stereocenters. The Morgan fingerprint density at radius 2 is 1.64 bits per heavy atom. The van der Waals surface area contributed by atoms with Crippen LogP contribution in [0, 0.1) is 0 Å². The fraction of sp³-hybridized carbons (Fsp3) is 0.118. The molecule has 0 unspecified atom stereocenters. The summed E-state index contributed by atoms with van der Waals surface area (Å²) >= 11 is 1.39. The van der Waals surface area contributed by atoms with Crippen LogP contribution in [0.2, 0.25) is 0 Å². The number of Topliss-reactive ketones (excluding diaryl/α,β-unsaturated/α-hetero) is 1. The first kappa shape index (κ1) is 15.1. The molecule has 0 radical (unpaired) electrons. The summed E-state index contributed by atoms with van der Waals surface area (Å²) < 4.78 is 25.6. The Labute approximate surface area is 134 Å². The summed E-state index contributed by atoms with van der Waals surface area (Å²) in [4.78, 5) is 13.5. The highest BCUT2D eigenvalue weighted by Crippen LogP contribution is 2.45. The molecule has 0 fully saturated rings. The molecule has 0 bridgehead atoms. The zero-order chi connectivity index (χ0) is 15.7. The molecular weight excluding hydrogens is 316 g/mol. The van der Waals surface area contributed by atoms with Crippen molar-refractivity contribution < 1.29 is 13.2 Å². The van der Waals surface area contributed by atoms with Gasteiger partial charge in [0, 0.05) is 16.0 Å². The number of fused-ring (bicyclic) bond motifs is 1. The van der Waals surface area contributed by atoms with E-state index in [0.29, 0.717) is 21.8 Å². The quantitative estimate of drug-likeness (QED) is 0.801. The van der Waals surface area contributed by atoms with Crippen molar-refractivity contribution in [2.45, 2.75) is 11.8 Å². The van der Waals surface area contributed by atoms with Gasteiger partial charge in [0.25, 0.3) is 0 Å². The second-order valence-corrected chi connectivity index (χ2v) is 7.92. The van der Waals surface area contributed by atoms with E-state index in [1.165, 1.54) is 11.8 Å². The number of allylic oxidation sites excluding steroid dienone is 1. The monoisotopic (exact) mass is 330 g/mol. The van der Waals surface area contributed by atoms with E-state index in [1.807, 2.05) is 6.92 Å². The van der Waals surface area contributed by atoms with E-state index in [-0.39, 0.29) is 9.80 Å². The molecule has 3 nitrogen and oxygen atoms in total. The minimum Gasteiger partial charge on any atom is -0.288 e. The third-order valence-electron chi connectivity index (χ3n) is 3.43. The number of rotatable bonds is 4. The molecule has 1 aliphatic heterocycles. The van der Waals surface area contributed by atoms with Gasteiger partial charge in [-0.1, -0.05) is 55.5 Å². The molecule has 0 aromatic heterocycles. The van der Waals surface area contributed by atoms with Crippen molar-refractivity contribution in [2.24, 2.45) is 0 Å². The van der Waals surface area contributed by atoms with E-state index >= 15 is 0 Å². The lowest BCUT2D eigenvalue weighted by atomic mass is 10.1. The standard InChI is InChI=1S/C17H14O3S2/c1-2-21-16-13-10-6-7-11-14(13)22(19,20)17(16)15(18)12-8-4-3-5-9-12/h3-11H,2H2,1H3. The summed E-state index contributed by atoms with van der Waals surface area (Å²) in [7, 11) is -3.76. The maximum absolute atomic E-state index is 12.8. The number of ketones is 1. The van der Waals surface area contributed by atoms with Gasteiger partial charge in [0.05, 0.1) is 4.90 Å². The molecule has 22 heavy (non-hydrogen) atoms. The van der Waals surface area contributed by atoms with Crippen LogP contribution in [0.3, 0.4) is 0 Å². The molecule has 0 spiro atoms. The summed E-state index contributed by atoms with van der Waals surface area (Å²) in [5.74, 6) is 0.262. The van der Waals surface area contributed by atoms with Crippen molar-refractivity contribution in [2.75, 3.05) is 5.75 Å². The second-order valence-electron chi connectivity index (χ2n) is 4.79. The first-order valence-electron chi connectivity index (χ1n) is 6.88. The third-order valence-corrected chi connectivity index (χ3v) is 6.42. The van der Waals surface area contributed by atoms with Crippen molar-refractivity contribution in [3.05, 3.63) is 70.6 Å². The molecule has 1 heterocycles. The Morgan fingerprint density at radius 1 is 1.00 bits per heavy atom. The van der Waals surface area contributed by atoms with Crippen LogP contribution in [-0.4, -0.2) is 20.0 Å². The number of thioether (sulfide) groups is 1. The average Bonchev–Trinajstić information content (AvgIpc) is 2.76. The van der Waals surface area contributed by atoms with Gasteiger partial charge in [0.2, 0.25) is 15.6 Å². The molecule has 5 heteroatoms. The zero-order valence-electron chi connectivity index (χ0n) is 11.9. The van der Waals surface area contributed by atoms with Crippen LogP contribution >= 0.6 is 11.8 Å². The van der Waals surface area contributed by atoms with Gasteiger partial charge in [-0.25, -0.2) is 8.42 Å². The van der Waals surface area contributed by atoms with Crippen molar-refractivity contribution in [1.29, 1.82) is 0 Å². The van der Waals surface area contributed by atoms with Crippen molar-refractivity contribution in [3.8, 4) is 0 Å². The van der Waals surface area contributed by atoms with E-state index in [0.717, 1.165) is 0 Å². The lowest BCUT2D eigenvalue weighted by Gasteiger charge is -2.05. The number of hydrogen-bond donors (Lipinski definition) is 0. The third kappa shape index (κ3) is 2.30. The maximum Gasteiger partial charge on any atom is 0.212 e. The number of sulfone groups is 1. The fourth-order valence-corrected chi connectivity index (χ4v) is 5.55. The predicted molar refractivity (Wildman–Crippen MR) is 89.5 cm³/mol. The molecular formula is C17H14O3S2. The number of benzene rings is 2. The van der Waals surface area contributed by atoms with Crippen molar-refractivity contribution in [1.82, 2.24) is 0 Å². The van der Waals surface area contributed by atoms with Crippen LogP contribution < -0.4 is 0 Å². The van der Waals surface area contributed by atoms with Crippen LogP contribution in [0.4, 0.5) is 0 Å². The van der Waals surface area contributed by atoms with Gasteiger partial charge >= 0.3 is 0 Å². The smallest absolute Gasteiger partial charge is 0.212 e. The van der Waals surface area contributed by atoms with E-state index < -0.39 is 15.6 Å². The molecule has 2 aromatic carbocycles. The van der Waals surface area contributed by atoms with E-state index in [1.54, 1.807) is 54.6 Å². The topological polar surface area (TPSA) is 51.2 Å². The maximum atomic E-state index is 12.8. The molecule has 3 rings (SSSR count). The Balaban J connectivity index is 2.24. The number of carbonyl (C=O) groups excluding carboxylic acids is 1. The van der Waals surface area contributed by atoms with Gasteiger partial charge in [-0.3, -0.25) is 4.79 Å². The summed E-state index contributed by atoms with van der Waals surface area (Å²) in [6.45, 7) is 1.94. The molecule has 0 N–H and O–H groups in total. The van der Waals surface area contributed by atoms with Crippen LogP contribution in [0.1, 0.15) is 22.8 Å². The molecule has 0 amide bonds. The summed E-state index contributed by atoms with van der Waals surface area (Å²) in [6.07, 6.45) is 0. The Hall–Kier alpha value is -1.85. The second kappa shape index (κ2) is 5.74. The minimum absolute atomic E-state index is 0.0910. The molecule has 0 saturated heterocycles. The lowest BCUT2D eigenvalue weighted by molar-refractivity contribution is 0.104. The summed E-state index contributed by atoms with van der Waals surface area (Å²) in [5, 5.41) is 0. The molecule has 0 aliphatic carbocycles. The average molecular weight is 330 g/mol. The molecule has 1 aliphatic rings. The largest absolute Gasteiger partial charge is 0.288 e. The minimum atomic E-state index is -3.76. The van der Waals surface area contributed by atoms with E-state index in [9.17, 15) is 13.2 Å².